The second-order valence-electron chi connectivity index (χ2n) is 2.50. The van der Waals surface area contributed by atoms with Crippen molar-refractivity contribution in [1.29, 1.82) is 0 Å². The summed E-state index contributed by atoms with van der Waals surface area (Å²) in [5, 5.41) is 4.88. The van der Waals surface area contributed by atoms with E-state index in [-0.39, 0.29) is 0 Å². The van der Waals surface area contributed by atoms with Gasteiger partial charge in [0.05, 0.1) is 0 Å². The van der Waals surface area contributed by atoms with Gasteiger partial charge in [-0.1, -0.05) is 28.1 Å². The van der Waals surface area contributed by atoms with Crippen LogP contribution in [-0.4, -0.2) is 0 Å². The Labute approximate surface area is 78.0 Å². The molecule has 0 nitrogen and oxygen atoms in total. The number of hydrogen-bond donors (Lipinski definition) is 0. The Morgan fingerprint density at radius 3 is 2.91 bits per heavy atom. The molecule has 0 aliphatic carbocycles. The molecule has 1 aromatic carbocycles. The third kappa shape index (κ3) is 1.10. The van der Waals surface area contributed by atoms with Crippen molar-refractivity contribution in [1.82, 2.24) is 0 Å². The second-order valence-corrected chi connectivity index (χ2v) is 4.43. The van der Waals surface area contributed by atoms with Gasteiger partial charge in [-0.25, -0.2) is 0 Å². The highest BCUT2D eigenvalue weighted by Gasteiger charge is 2.01. The van der Waals surface area contributed by atoms with E-state index in [1.54, 1.807) is 11.3 Å². The number of halogens is 1. The minimum absolute atomic E-state index is 1.20. The summed E-state index contributed by atoms with van der Waals surface area (Å²) in [6.07, 6.45) is 0. The van der Waals surface area contributed by atoms with Gasteiger partial charge in [0.25, 0.3) is 0 Å². The minimum Gasteiger partial charge on any atom is -0.148 e. The van der Waals surface area contributed by atoms with Crippen LogP contribution in [0.3, 0.4) is 0 Å². The SMILES string of the molecule is Cc1scc2cccc(Br)c12. The highest BCUT2D eigenvalue weighted by atomic mass is 79.9. The van der Waals surface area contributed by atoms with Crippen molar-refractivity contribution in [3.05, 3.63) is 32.9 Å². The van der Waals surface area contributed by atoms with Crippen molar-refractivity contribution in [3.8, 4) is 0 Å². The minimum atomic E-state index is 1.20. The molecule has 0 amide bonds. The predicted molar refractivity (Wildman–Crippen MR) is 54.3 cm³/mol. The van der Waals surface area contributed by atoms with Crippen LogP contribution in [0.5, 0.6) is 0 Å². The molecule has 1 aromatic heterocycles. The molecule has 0 spiro atoms. The summed E-state index contributed by atoms with van der Waals surface area (Å²) in [7, 11) is 0. The molecule has 11 heavy (non-hydrogen) atoms. The zero-order valence-corrected chi connectivity index (χ0v) is 8.50. The fourth-order valence-corrected chi connectivity index (χ4v) is 2.88. The fraction of sp³-hybridized carbons (Fsp3) is 0.111. The average Bonchev–Trinajstić information content (AvgIpc) is 2.34. The summed E-state index contributed by atoms with van der Waals surface area (Å²) in [6, 6.07) is 6.30. The summed E-state index contributed by atoms with van der Waals surface area (Å²) >= 11 is 5.34. The van der Waals surface area contributed by atoms with E-state index in [2.05, 4.69) is 46.4 Å². The summed E-state index contributed by atoms with van der Waals surface area (Å²) in [4.78, 5) is 1.38. The Balaban J connectivity index is 2.96. The summed E-state index contributed by atoms with van der Waals surface area (Å²) < 4.78 is 1.20. The van der Waals surface area contributed by atoms with Gasteiger partial charge < -0.3 is 0 Å². The zero-order valence-electron chi connectivity index (χ0n) is 6.10. The molecule has 56 valence electrons. The van der Waals surface area contributed by atoms with Crippen molar-refractivity contribution in [2.24, 2.45) is 0 Å². The lowest BCUT2D eigenvalue weighted by Crippen LogP contribution is -1.68. The topological polar surface area (TPSA) is 0 Å². The Kier molecular flexibility index (Phi) is 1.74. The fourth-order valence-electron chi connectivity index (χ4n) is 1.22. The van der Waals surface area contributed by atoms with Crippen molar-refractivity contribution < 1.29 is 0 Å². The molecule has 0 aliphatic heterocycles. The largest absolute Gasteiger partial charge is 0.148 e. The van der Waals surface area contributed by atoms with Gasteiger partial charge in [-0.15, -0.1) is 11.3 Å². The van der Waals surface area contributed by atoms with E-state index in [1.165, 1.54) is 20.1 Å². The highest BCUT2D eigenvalue weighted by Crippen LogP contribution is 2.30. The molecule has 0 atom stereocenters. The lowest BCUT2D eigenvalue weighted by atomic mass is 10.2. The van der Waals surface area contributed by atoms with Crippen LogP contribution < -0.4 is 0 Å². The molecule has 0 saturated heterocycles. The number of thiophene rings is 1. The van der Waals surface area contributed by atoms with Crippen LogP contribution in [-0.2, 0) is 0 Å². The molecule has 0 N–H and O–H groups in total. The standard InChI is InChI=1S/C9H7BrS/c1-6-9-7(5-11-6)3-2-4-8(9)10/h2-5H,1H3. The third-order valence-electron chi connectivity index (χ3n) is 1.76. The number of hydrogen-bond acceptors (Lipinski definition) is 1. The van der Waals surface area contributed by atoms with E-state index >= 15 is 0 Å². The first-order valence-electron chi connectivity index (χ1n) is 3.41. The van der Waals surface area contributed by atoms with Crippen LogP contribution in [0.2, 0.25) is 0 Å². The summed E-state index contributed by atoms with van der Waals surface area (Å²) in [5.74, 6) is 0. The smallest absolute Gasteiger partial charge is 0.0264 e. The van der Waals surface area contributed by atoms with Gasteiger partial charge in [-0.2, -0.15) is 0 Å². The number of rotatable bonds is 0. The van der Waals surface area contributed by atoms with Crippen LogP contribution >= 0.6 is 27.3 Å². The van der Waals surface area contributed by atoms with Gasteiger partial charge in [0.2, 0.25) is 0 Å². The quantitative estimate of drug-likeness (QED) is 0.638. The van der Waals surface area contributed by atoms with E-state index in [0.29, 0.717) is 0 Å². The summed E-state index contributed by atoms with van der Waals surface area (Å²) in [6.45, 7) is 2.15. The Morgan fingerprint density at radius 2 is 2.18 bits per heavy atom. The molecule has 2 rings (SSSR count). The van der Waals surface area contributed by atoms with Crippen molar-refractivity contribution >= 4 is 38.0 Å². The second kappa shape index (κ2) is 2.61. The molecule has 2 aromatic rings. The highest BCUT2D eigenvalue weighted by molar-refractivity contribution is 9.10. The Morgan fingerprint density at radius 1 is 1.36 bits per heavy atom. The number of aryl methyl sites for hydroxylation is 1. The van der Waals surface area contributed by atoms with Crippen LogP contribution in [0, 0.1) is 6.92 Å². The van der Waals surface area contributed by atoms with E-state index in [4.69, 9.17) is 0 Å². The van der Waals surface area contributed by atoms with Crippen LogP contribution in [0.15, 0.2) is 28.1 Å². The molecule has 0 unspecified atom stereocenters. The molecular formula is C9H7BrS. The van der Waals surface area contributed by atoms with E-state index < -0.39 is 0 Å². The van der Waals surface area contributed by atoms with E-state index in [9.17, 15) is 0 Å². The monoisotopic (exact) mass is 226 g/mol. The predicted octanol–water partition coefficient (Wildman–Crippen LogP) is 3.97. The van der Waals surface area contributed by atoms with Gasteiger partial charge in [0.15, 0.2) is 0 Å². The summed E-state index contributed by atoms with van der Waals surface area (Å²) in [5.41, 5.74) is 0. The van der Waals surface area contributed by atoms with Gasteiger partial charge in [-0.3, -0.25) is 0 Å². The Hall–Kier alpha value is -0.340. The number of benzene rings is 1. The van der Waals surface area contributed by atoms with Gasteiger partial charge >= 0.3 is 0 Å². The molecule has 0 bridgehead atoms. The van der Waals surface area contributed by atoms with E-state index in [1.807, 2.05) is 0 Å². The molecule has 0 saturated carbocycles. The maximum atomic E-state index is 3.53. The van der Waals surface area contributed by atoms with Crippen LogP contribution in [0.1, 0.15) is 4.88 Å². The van der Waals surface area contributed by atoms with Gasteiger partial charge in [0, 0.05) is 14.7 Å². The molecule has 0 radical (unpaired) electrons. The Bertz CT molecular complexity index is 389. The number of fused-ring (bicyclic) bond motifs is 1. The molecule has 0 fully saturated rings. The van der Waals surface area contributed by atoms with Gasteiger partial charge in [-0.05, 0) is 23.8 Å². The van der Waals surface area contributed by atoms with Crippen LogP contribution in [0.4, 0.5) is 0 Å². The molecule has 1 heterocycles. The average molecular weight is 227 g/mol. The molecular weight excluding hydrogens is 220 g/mol. The zero-order chi connectivity index (χ0) is 7.84. The maximum Gasteiger partial charge on any atom is 0.0264 e. The lowest BCUT2D eigenvalue weighted by Gasteiger charge is -1.93. The first kappa shape index (κ1) is 7.32. The maximum absolute atomic E-state index is 3.53. The third-order valence-corrected chi connectivity index (χ3v) is 3.35. The molecule has 2 heteroatoms. The first-order valence-corrected chi connectivity index (χ1v) is 5.08. The van der Waals surface area contributed by atoms with Crippen molar-refractivity contribution in [2.75, 3.05) is 0 Å². The van der Waals surface area contributed by atoms with Crippen LogP contribution in [0.25, 0.3) is 10.8 Å². The first-order chi connectivity index (χ1) is 5.29. The van der Waals surface area contributed by atoms with Gasteiger partial charge in [0.1, 0.15) is 0 Å². The van der Waals surface area contributed by atoms with Crippen molar-refractivity contribution in [3.63, 3.8) is 0 Å². The lowest BCUT2D eigenvalue weighted by molar-refractivity contribution is 1.66. The molecule has 0 aliphatic rings. The van der Waals surface area contributed by atoms with E-state index in [0.717, 1.165) is 0 Å². The normalized spacial score (nSPS) is 10.7. The van der Waals surface area contributed by atoms with Crippen molar-refractivity contribution in [2.45, 2.75) is 6.92 Å².